The zero-order chi connectivity index (χ0) is 11.5. The first-order valence-corrected chi connectivity index (χ1v) is 6.81. The van der Waals surface area contributed by atoms with E-state index in [2.05, 4.69) is 31.0 Å². The monoisotopic (exact) mass is 226 g/mol. The van der Waals surface area contributed by atoms with Crippen LogP contribution in [-0.4, -0.2) is 48.8 Å². The summed E-state index contributed by atoms with van der Waals surface area (Å²) in [5, 5.41) is 3.61. The molecule has 0 aromatic heterocycles. The van der Waals surface area contributed by atoms with Crippen molar-refractivity contribution >= 4 is 0 Å². The number of piperidine rings is 1. The van der Waals surface area contributed by atoms with Gasteiger partial charge in [-0.2, -0.15) is 0 Å². The van der Waals surface area contributed by atoms with Gasteiger partial charge in [-0.05, 0) is 33.1 Å². The molecule has 0 spiro atoms. The van der Waals surface area contributed by atoms with Crippen LogP contribution in [0.25, 0.3) is 0 Å². The van der Waals surface area contributed by atoms with Crippen molar-refractivity contribution in [3.63, 3.8) is 0 Å². The zero-order valence-electron chi connectivity index (χ0n) is 10.9. The molecule has 3 heteroatoms. The Hall–Kier alpha value is -0.120. The minimum absolute atomic E-state index is 0.405. The van der Waals surface area contributed by atoms with Gasteiger partial charge in [0, 0.05) is 31.2 Å². The lowest BCUT2D eigenvalue weighted by Crippen LogP contribution is -2.58. The SMILES string of the molecule is CCC1COC(C)CN1C1CCC(C)NC1. The summed E-state index contributed by atoms with van der Waals surface area (Å²) < 4.78 is 5.76. The maximum atomic E-state index is 5.76. The van der Waals surface area contributed by atoms with Crippen LogP contribution in [0, 0.1) is 0 Å². The lowest BCUT2D eigenvalue weighted by atomic mass is 9.97. The quantitative estimate of drug-likeness (QED) is 0.774. The fourth-order valence-electron chi connectivity index (χ4n) is 2.94. The van der Waals surface area contributed by atoms with Crippen molar-refractivity contribution in [1.29, 1.82) is 0 Å². The summed E-state index contributed by atoms with van der Waals surface area (Å²) in [5.41, 5.74) is 0. The number of nitrogens with zero attached hydrogens (tertiary/aromatic N) is 1. The highest BCUT2D eigenvalue weighted by molar-refractivity contribution is 4.88. The third kappa shape index (κ3) is 2.76. The van der Waals surface area contributed by atoms with Crippen LogP contribution in [0.2, 0.25) is 0 Å². The number of nitrogens with one attached hydrogen (secondary N) is 1. The maximum Gasteiger partial charge on any atom is 0.0674 e. The van der Waals surface area contributed by atoms with E-state index in [0.29, 0.717) is 18.2 Å². The summed E-state index contributed by atoms with van der Waals surface area (Å²) in [5.74, 6) is 0. The highest BCUT2D eigenvalue weighted by Gasteiger charge is 2.32. The Morgan fingerprint density at radius 2 is 2.12 bits per heavy atom. The lowest BCUT2D eigenvalue weighted by Gasteiger charge is -2.45. The number of hydrogen-bond acceptors (Lipinski definition) is 3. The van der Waals surface area contributed by atoms with Crippen LogP contribution in [0.1, 0.15) is 40.0 Å². The third-order valence-electron chi connectivity index (χ3n) is 4.09. The first kappa shape index (κ1) is 12.3. The number of ether oxygens (including phenoxy) is 1. The summed E-state index contributed by atoms with van der Waals surface area (Å²) in [6, 6.07) is 2.07. The van der Waals surface area contributed by atoms with Crippen molar-refractivity contribution in [2.45, 2.75) is 64.3 Å². The first-order chi connectivity index (χ1) is 7.70. The van der Waals surface area contributed by atoms with Gasteiger partial charge in [-0.15, -0.1) is 0 Å². The lowest BCUT2D eigenvalue weighted by molar-refractivity contribution is -0.0762. The Kier molecular flexibility index (Phi) is 4.22. The van der Waals surface area contributed by atoms with Crippen LogP contribution in [0.15, 0.2) is 0 Å². The highest BCUT2D eigenvalue weighted by atomic mass is 16.5. The van der Waals surface area contributed by atoms with E-state index in [1.54, 1.807) is 0 Å². The van der Waals surface area contributed by atoms with E-state index in [1.807, 2.05) is 0 Å². The molecule has 2 aliphatic heterocycles. The van der Waals surface area contributed by atoms with Crippen LogP contribution in [0.3, 0.4) is 0 Å². The second-order valence-electron chi connectivity index (χ2n) is 5.44. The van der Waals surface area contributed by atoms with Gasteiger partial charge in [-0.1, -0.05) is 6.92 Å². The van der Waals surface area contributed by atoms with Crippen molar-refractivity contribution in [3.05, 3.63) is 0 Å². The van der Waals surface area contributed by atoms with Gasteiger partial charge in [0.15, 0.2) is 0 Å². The highest BCUT2D eigenvalue weighted by Crippen LogP contribution is 2.22. The number of rotatable bonds is 2. The van der Waals surface area contributed by atoms with Crippen LogP contribution < -0.4 is 5.32 Å². The number of hydrogen-bond donors (Lipinski definition) is 1. The summed E-state index contributed by atoms with van der Waals surface area (Å²) in [4.78, 5) is 2.69. The Morgan fingerprint density at radius 1 is 1.31 bits per heavy atom. The molecular weight excluding hydrogens is 200 g/mol. The molecule has 0 saturated carbocycles. The fourth-order valence-corrected chi connectivity index (χ4v) is 2.94. The molecule has 0 aliphatic carbocycles. The third-order valence-corrected chi connectivity index (χ3v) is 4.09. The van der Waals surface area contributed by atoms with Crippen LogP contribution in [0.4, 0.5) is 0 Å². The molecule has 0 aromatic carbocycles. The van der Waals surface area contributed by atoms with Gasteiger partial charge >= 0.3 is 0 Å². The molecule has 94 valence electrons. The summed E-state index contributed by atoms with van der Waals surface area (Å²) in [6.07, 6.45) is 4.27. The molecule has 2 aliphatic rings. The number of morpholine rings is 1. The smallest absolute Gasteiger partial charge is 0.0674 e. The van der Waals surface area contributed by atoms with Crippen LogP contribution in [-0.2, 0) is 4.74 Å². The van der Waals surface area contributed by atoms with E-state index >= 15 is 0 Å². The van der Waals surface area contributed by atoms with Crippen LogP contribution >= 0.6 is 0 Å². The minimum Gasteiger partial charge on any atom is -0.376 e. The van der Waals surface area contributed by atoms with Gasteiger partial charge in [0.2, 0.25) is 0 Å². The molecule has 1 N–H and O–H groups in total. The maximum absolute atomic E-state index is 5.76. The van der Waals surface area contributed by atoms with E-state index in [-0.39, 0.29) is 0 Å². The van der Waals surface area contributed by atoms with E-state index in [1.165, 1.54) is 19.3 Å². The van der Waals surface area contributed by atoms with E-state index in [0.717, 1.165) is 25.7 Å². The average molecular weight is 226 g/mol. The van der Waals surface area contributed by atoms with Gasteiger partial charge in [-0.3, -0.25) is 4.90 Å². The Labute approximate surface area is 99.5 Å². The van der Waals surface area contributed by atoms with Crippen molar-refractivity contribution in [2.24, 2.45) is 0 Å². The van der Waals surface area contributed by atoms with E-state index < -0.39 is 0 Å². The normalized spacial score (nSPS) is 42.2. The molecule has 4 atom stereocenters. The Balaban J connectivity index is 1.94. The predicted molar refractivity (Wildman–Crippen MR) is 66.7 cm³/mol. The van der Waals surface area contributed by atoms with E-state index in [9.17, 15) is 0 Å². The van der Waals surface area contributed by atoms with Gasteiger partial charge in [0.25, 0.3) is 0 Å². The molecular formula is C13H26N2O. The summed E-state index contributed by atoms with van der Waals surface area (Å²) in [7, 11) is 0. The first-order valence-electron chi connectivity index (χ1n) is 6.81. The molecule has 2 heterocycles. The average Bonchev–Trinajstić information content (AvgIpc) is 2.30. The minimum atomic E-state index is 0.405. The Morgan fingerprint density at radius 3 is 2.75 bits per heavy atom. The standard InChI is InChI=1S/C13H26N2O/c1-4-12-9-16-11(3)8-15(12)13-6-5-10(2)14-7-13/h10-14H,4-9H2,1-3H3. The fraction of sp³-hybridized carbons (Fsp3) is 1.00. The molecule has 16 heavy (non-hydrogen) atoms. The molecule has 0 amide bonds. The molecule has 2 rings (SSSR count). The molecule has 0 aromatic rings. The molecule has 3 nitrogen and oxygen atoms in total. The Bertz CT molecular complexity index is 214. The molecule has 0 bridgehead atoms. The van der Waals surface area contributed by atoms with Gasteiger partial charge in [0.1, 0.15) is 0 Å². The largest absolute Gasteiger partial charge is 0.376 e. The second kappa shape index (κ2) is 5.48. The molecule has 0 radical (unpaired) electrons. The van der Waals surface area contributed by atoms with Gasteiger partial charge in [-0.25, -0.2) is 0 Å². The van der Waals surface area contributed by atoms with Crippen molar-refractivity contribution in [3.8, 4) is 0 Å². The van der Waals surface area contributed by atoms with E-state index in [4.69, 9.17) is 4.74 Å². The molecule has 2 fully saturated rings. The van der Waals surface area contributed by atoms with Crippen LogP contribution in [0.5, 0.6) is 0 Å². The van der Waals surface area contributed by atoms with Crippen molar-refractivity contribution in [1.82, 2.24) is 10.2 Å². The van der Waals surface area contributed by atoms with Crippen molar-refractivity contribution < 1.29 is 4.74 Å². The molecule has 2 saturated heterocycles. The zero-order valence-corrected chi connectivity index (χ0v) is 10.9. The predicted octanol–water partition coefficient (Wildman–Crippen LogP) is 1.63. The molecule has 4 unspecified atom stereocenters. The topological polar surface area (TPSA) is 24.5 Å². The summed E-state index contributed by atoms with van der Waals surface area (Å²) >= 11 is 0. The van der Waals surface area contributed by atoms with Gasteiger partial charge < -0.3 is 10.1 Å². The second-order valence-corrected chi connectivity index (χ2v) is 5.44. The summed E-state index contributed by atoms with van der Waals surface area (Å²) in [6.45, 7) is 9.94. The van der Waals surface area contributed by atoms with Crippen molar-refractivity contribution in [2.75, 3.05) is 19.7 Å². The van der Waals surface area contributed by atoms with Gasteiger partial charge in [0.05, 0.1) is 12.7 Å².